The van der Waals surface area contributed by atoms with E-state index in [1.54, 1.807) is 11.6 Å². The Balaban J connectivity index is 0.771. The lowest BCUT2D eigenvalue weighted by Gasteiger charge is -2.32. The highest BCUT2D eigenvalue weighted by Crippen LogP contribution is 2.33. The highest BCUT2D eigenvalue weighted by atomic mass is 16.5. The number of imide groups is 1. The molecule has 3 saturated heterocycles. The maximum atomic E-state index is 13.5. The molecule has 3 aliphatic rings. The van der Waals surface area contributed by atoms with Gasteiger partial charge in [0.25, 0.3) is 5.91 Å². The van der Waals surface area contributed by atoms with Gasteiger partial charge in [0.2, 0.25) is 17.7 Å². The fraction of sp³-hybridized carbons (Fsp3) is 0.463. The normalized spacial score (nSPS) is 17.9. The molecular formula is C54H65N7O6. The lowest BCUT2D eigenvalue weighted by Crippen LogP contribution is -2.44. The number of amides is 4. The maximum Gasteiger partial charge on any atom is 0.329 e. The third-order valence-corrected chi connectivity index (χ3v) is 14.1. The lowest BCUT2D eigenvalue weighted by molar-refractivity contribution is -0.136. The molecule has 3 aliphatic heterocycles. The Morgan fingerprint density at radius 3 is 2.39 bits per heavy atom. The number of unbranched alkanes of at least 4 members (excludes halogenated alkanes) is 1. The van der Waals surface area contributed by atoms with Crippen molar-refractivity contribution in [1.29, 1.82) is 0 Å². The van der Waals surface area contributed by atoms with E-state index < -0.39 is 11.9 Å². The number of fused-ring (bicyclic) bond motifs is 2. The quantitative estimate of drug-likeness (QED) is 0.0702. The Hall–Kier alpha value is -6.23. The maximum absolute atomic E-state index is 13.5. The van der Waals surface area contributed by atoms with Gasteiger partial charge in [-0.2, -0.15) is 0 Å². The van der Waals surface area contributed by atoms with Gasteiger partial charge in [0.15, 0.2) is 0 Å². The summed E-state index contributed by atoms with van der Waals surface area (Å²) >= 11 is 0. The molecule has 4 aromatic carbocycles. The van der Waals surface area contributed by atoms with E-state index in [0.29, 0.717) is 55.3 Å². The fourth-order valence-electron chi connectivity index (χ4n) is 10.0. The molecule has 8 rings (SSSR count). The van der Waals surface area contributed by atoms with Crippen LogP contribution < -0.4 is 21.1 Å². The van der Waals surface area contributed by atoms with Gasteiger partial charge in [-0.15, -0.1) is 0 Å². The minimum absolute atomic E-state index is 0.129. The summed E-state index contributed by atoms with van der Waals surface area (Å²) in [6, 6.07) is 23.3. The number of carbonyl (C=O) groups excluding carboxylic acids is 4. The molecular weight excluding hydrogens is 843 g/mol. The Morgan fingerprint density at radius 1 is 0.881 bits per heavy atom. The van der Waals surface area contributed by atoms with E-state index >= 15 is 0 Å². The van der Waals surface area contributed by atoms with Crippen LogP contribution in [0.4, 0.5) is 0 Å². The van der Waals surface area contributed by atoms with E-state index in [1.165, 1.54) is 4.57 Å². The molecule has 4 amide bonds. The first-order chi connectivity index (χ1) is 32.3. The molecule has 4 heterocycles. The van der Waals surface area contributed by atoms with Crippen molar-refractivity contribution in [3.63, 3.8) is 0 Å². The molecule has 0 radical (unpaired) electrons. The van der Waals surface area contributed by atoms with Crippen LogP contribution in [0.15, 0.2) is 77.6 Å². The average Bonchev–Trinajstić information content (AvgIpc) is 3.57. The molecule has 2 N–H and O–H groups in total. The van der Waals surface area contributed by atoms with Gasteiger partial charge in [0.1, 0.15) is 18.4 Å². The molecule has 1 aromatic heterocycles. The van der Waals surface area contributed by atoms with E-state index in [2.05, 4.69) is 62.6 Å². The molecule has 2 atom stereocenters. The largest absolute Gasteiger partial charge is 0.492 e. The van der Waals surface area contributed by atoms with E-state index in [4.69, 9.17) is 4.74 Å². The van der Waals surface area contributed by atoms with Crippen molar-refractivity contribution in [3.8, 4) is 17.6 Å². The number of benzene rings is 4. The third kappa shape index (κ3) is 11.0. The van der Waals surface area contributed by atoms with Crippen LogP contribution in [-0.2, 0) is 21.4 Å². The van der Waals surface area contributed by atoms with E-state index in [-0.39, 0.29) is 41.8 Å². The monoisotopic (exact) mass is 907 g/mol. The average molecular weight is 908 g/mol. The summed E-state index contributed by atoms with van der Waals surface area (Å²) in [4.78, 5) is 70.9. The Kier molecular flexibility index (Phi) is 14.9. The highest BCUT2D eigenvalue weighted by Gasteiger charge is 2.32. The van der Waals surface area contributed by atoms with Crippen LogP contribution in [0, 0.1) is 24.7 Å². The van der Waals surface area contributed by atoms with Gasteiger partial charge in [-0.1, -0.05) is 54.3 Å². The topological polar surface area (TPSA) is 138 Å². The molecule has 13 heteroatoms. The van der Waals surface area contributed by atoms with Gasteiger partial charge in [-0.25, -0.2) is 4.79 Å². The van der Waals surface area contributed by atoms with Gasteiger partial charge >= 0.3 is 5.69 Å². The summed E-state index contributed by atoms with van der Waals surface area (Å²) in [7, 11) is 5.73. The molecule has 5 aromatic rings. The van der Waals surface area contributed by atoms with Crippen molar-refractivity contribution in [3.05, 3.63) is 111 Å². The van der Waals surface area contributed by atoms with Crippen LogP contribution in [-0.4, -0.2) is 107 Å². The number of likely N-dealkylation sites (tertiary alicyclic amines) is 2. The van der Waals surface area contributed by atoms with E-state index in [1.807, 2.05) is 75.3 Å². The summed E-state index contributed by atoms with van der Waals surface area (Å²) in [5.74, 6) is 7.78. The van der Waals surface area contributed by atoms with Gasteiger partial charge in [-0.3, -0.25) is 33.6 Å². The minimum atomic E-state index is -0.704. The Morgan fingerprint density at radius 2 is 1.64 bits per heavy atom. The number of hydrogen-bond donors (Lipinski definition) is 2. The van der Waals surface area contributed by atoms with Crippen LogP contribution in [0.5, 0.6) is 5.75 Å². The summed E-state index contributed by atoms with van der Waals surface area (Å²) in [6.45, 7) is 9.74. The predicted octanol–water partition coefficient (Wildman–Crippen LogP) is 6.85. The molecule has 352 valence electrons. The van der Waals surface area contributed by atoms with Gasteiger partial charge in [0.05, 0.1) is 17.1 Å². The van der Waals surface area contributed by atoms with Crippen molar-refractivity contribution >= 4 is 45.4 Å². The Bertz CT molecular complexity index is 2760. The van der Waals surface area contributed by atoms with Crippen molar-refractivity contribution in [2.45, 2.75) is 89.6 Å². The molecule has 13 nitrogen and oxygen atoms in total. The van der Waals surface area contributed by atoms with Crippen LogP contribution >= 0.6 is 0 Å². The zero-order valence-electron chi connectivity index (χ0n) is 39.7. The van der Waals surface area contributed by atoms with E-state index in [9.17, 15) is 24.0 Å². The van der Waals surface area contributed by atoms with Crippen molar-refractivity contribution < 1.29 is 23.9 Å². The lowest BCUT2D eigenvalue weighted by atomic mass is 9.89. The van der Waals surface area contributed by atoms with Gasteiger partial charge in [0, 0.05) is 56.6 Å². The van der Waals surface area contributed by atoms with Gasteiger partial charge < -0.3 is 24.8 Å². The number of nitrogens with one attached hydrogen (secondary N) is 2. The van der Waals surface area contributed by atoms with E-state index in [0.717, 1.165) is 103 Å². The molecule has 1 unspecified atom stereocenters. The van der Waals surface area contributed by atoms with Gasteiger partial charge in [-0.05, 0) is 156 Å². The number of aryl methyl sites for hydroxylation is 2. The minimum Gasteiger partial charge on any atom is -0.492 e. The molecule has 0 spiro atoms. The van der Waals surface area contributed by atoms with Crippen molar-refractivity contribution in [1.82, 2.24) is 34.5 Å². The SMILES string of the molecule is Cc1ccc(OCCN(C)C)cc1C(=O)N[C@H](C)c1ccc(C#CC2CCN(CCCCC(=O)N3CCC(c4ccc5c(c4)n(C)c(=O)n5C4CCC(=O)NC4=O)CC3)CC2)c2ccccc12. The smallest absolute Gasteiger partial charge is 0.329 e. The van der Waals surface area contributed by atoms with Crippen LogP contribution in [0.1, 0.15) is 115 Å². The number of piperidine rings is 3. The van der Waals surface area contributed by atoms with Crippen molar-refractivity contribution in [2.24, 2.45) is 13.0 Å². The third-order valence-electron chi connectivity index (χ3n) is 14.1. The van der Waals surface area contributed by atoms with Crippen LogP contribution in [0.3, 0.4) is 0 Å². The predicted molar refractivity (Wildman–Crippen MR) is 262 cm³/mol. The number of nitrogens with zero attached hydrogens (tertiary/aromatic N) is 5. The molecule has 67 heavy (non-hydrogen) atoms. The van der Waals surface area contributed by atoms with Crippen molar-refractivity contribution in [2.75, 3.05) is 60.0 Å². The number of aromatic nitrogens is 2. The van der Waals surface area contributed by atoms with Crippen LogP contribution in [0.25, 0.3) is 21.8 Å². The van der Waals surface area contributed by atoms with Crippen LogP contribution in [0.2, 0.25) is 0 Å². The zero-order chi connectivity index (χ0) is 47.2. The summed E-state index contributed by atoms with van der Waals surface area (Å²) in [5.41, 5.74) is 5.89. The number of imidazole rings is 1. The first-order valence-corrected chi connectivity index (χ1v) is 24.1. The molecule has 0 bridgehead atoms. The number of likely N-dealkylation sites (N-methyl/N-ethyl adjacent to an activating group) is 1. The molecule has 3 fully saturated rings. The first kappa shape index (κ1) is 47.3. The highest BCUT2D eigenvalue weighted by molar-refractivity contribution is 6.00. The number of carbonyl (C=O) groups is 4. The second-order valence-electron chi connectivity index (χ2n) is 19.0. The fourth-order valence-corrected chi connectivity index (χ4v) is 10.0. The Labute approximate surface area is 393 Å². The summed E-state index contributed by atoms with van der Waals surface area (Å²) < 4.78 is 9.01. The number of hydrogen-bond acceptors (Lipinski definition) is 8. The zero-order valence-corrected chi connectivity index (χ0v) is 39.7. The summed E-state index contributed by atoms with van der Waals surface area (Å²) in [6.07, 6.45) is 6.71. The molecule has 0 saturated carbocycles. The summed E-state index contributed by atoms with van der Waals surface area (Å²) in [5, 5.41) is 7.77. The first-order valence-electron chi connectivity index (χ1n) is 24.1. The standard InChI is InChI=1S/C54H65N7O6/c1-36-13-18-42(67-33-32-57(3)4)35-46(36)52(64)55-37(2)43-19-16-40(44-10-6-7-11-45(43)44)15-14-38-23-28-59(29-24-38)27-9-8-12-51(63)60-30-25-39(26-31-60)41-17-20-47-49(34-41)58(5)54(66)61(47)48-21-22-50(62)56-53(48)65/h6-7,10-11,13,16-20,34-35,37-39,48H,8-9,12,21-33H2,1-5H3,(H,55,64)(H,56,62,65)/t37-,48?/m1/s1. The number of ether oxygens (including phenoxy) is 1. The number of rotatable bonds is 14. The molecule has 0 aliphatic carbocycles. The second-order valence-corrected chi connectivity index (χ2v) is 19.0. The second kappa shape index (κ2) is 21.2.